The highest BCUT2D eigenvalue weighted by Gasteiger charge is 2.30. The van der Waals surface area contributed by atoms with E-state index in [4.69, 9.17) is 19.3 Å². The lowest BCUT2D eigenvalue weighted by Crippen LogP contribution is -2.44. The summed E-state index contributed by atoms with van der Waals surface area (Å²) in [4.78, 5) is 28.5. The molecular formula is C11H19N3O6. The van der Waals surface area contributed by atoms with Gasteiger partial charge in [-0.25, -0.2) is 0 Å². The Hall–Kier alpha value is -2.06. The number of rotatable bonds is 6. The number of aliphatic carboxylic acids is 1. The molecule has 1 aromatic heterocycles. The van der Waals surface area contributed by atoms with Gasteiger partial charge in [-0.1, -0.05) is 13.8 Å². The Morgan fingerprint density at radius 3 is 2.85 bits per heavy atom. The lowest BCUT2D eigenvalue weighted by molar-refractivity contribution is -0.163. The van der Waals surface area contributed by atoms with E-state index < -0.39 is 11.9 Å². The second-order valence-electron chi connectivity index (χ2n) is 5.03. The average molecular weight is 289 g/mol. The lowest BCUT2D eigenvalue weighted by atomic mass is 10.00. The van der Waals surface area contributed by atoms with Crippen LogP contribution in [0.15, 0.2) is 4.63 Å². The third-order valence-corrected chi connectivity index (χ3v) is 3.08. The maximum absolute atomic E-state index is 11.2. The van der Waals surface area contributed by atoms with Gasteiger partial charge in [0.25, 0.3) is 6.79 Å². The van der Waals surface area contributed by atoms with Crippen LogP contribution < -0.4 is 9.85 Å². The Balaban J connectivity index is 1.74. The Morgan fingerprint density at radius 2 is 2.20 bits per heavy atom. The van der Waals surface area contributed by atoms with Crippen LogP contribution in [0.4, 0.5) is 0 Å². The standard InChI is InChI=1S/C11H19N3O6/c1-8(2)11(17)18-7-19-14-13(20-14)12-5-3-4-9(6-12)10(15)16/h8-9H,3-7H2,1-2H3,(H,15,16). The van der Waals surface area contributed by atoms with E-state index in [0.717, 1.165) is 11.4 Å². The molecule has 2 heterocycles. The highest BCUT2D eigenvalue weighted by Crippen LogP contribution is 2.16. The number of carbonyl (C=O) groups excluding carboxylic acids is 1. The summed E-state index contributed by atoms with van der Waals surface area (Å²) in [6.45, 7) is 4.25. The van der Waals surface area contributed by atoms with Gasteiger partial charge in [-0.2, -0.15) is 4.63 Å². The van der Waals surface area contributed by atoms with Crippen LogP contribution in [-0.4, -0.2) is 46.9 Å². The van der Waals surface area contributed by atoms with E-state index in [1.807, 2.05) is 0 Å². The summed E-state index contributed by atoms with van der Waals surface area (Å²) in [6, 6.07) is 0. The van der Waals surface area contributed by atoms with Crippen molar-refractivity contribution < 1.29 is 28.9 Å². The summed E-state index contributed by atoms with van der Waals surface area (Å²) in [5.74, 6) is -1.80. The number of nitrogens with zero attached hydrogens (tertiary/aromatic N) is 3. The van der Waals surface area contributed by atoms with Gasteiger partial charge in [0.1, 0.15) is 5.02 Å². The first-order valence-electron chi connectivity index (χ1n) is 6.54. The quantitative estimate of drug-likeness (QED) is 0.576. The van der Waals surface area contributed by atoms with Gasteiger partial charge < -0.3 is 14.7 Å². The minimum atomic E-state index is -0.810. The van der Waals surface area contributed by atoms with Gasteiger partial charge >= 0.3 is 11.9 Å². The smallest absolute Gasteiger partial charge is 0.311 e. The Kier molecular flexibility index (Phi) is 4.26. The van der Waals surface area contributed by atoms with E-state index in [0.29, 0.717) is 19.5 Å². The van der Waals surface area contributed by atoms with Crippen molar-refractivity contribution in [1.82, 2.24) is 9.98 Å². The van der Waals surface area contributed by atoms with Gasteiger partial charge in [-0.3, -0.25) is 14.6 Å². The zero-order valence-electron chi connectivity index (χ0n) is 11.5. The molecule has 0 bridgehead atoms. The highest BCUT2D eigenvalue weighted by molar-refractivity contribution is 5.71. The number of hydrogen-bond acceptors (Lipinski definition) is 6. The third-order valence-electron chi connectivity index (χ3n) is 3.08. The molecule has 20 heavy (non-hydrogen) atoms. The fourth-order valence-electron chi connectivity index (χ4n) is 1.88. The zero-order valence-corrected chi connectivity index (χ0v) is 11.5. The second kappa shape index (κ2) is 5.93. The number of carboxylic acid groups (broad SMARTS) is 1. The molecule has 0 saturated carbocycles. The van der Waals surface area contributed by atoms with Crippen LogP contribution in [0.3, 0.4) is 0 Å². The summed E-state index contributed by atoms with van der Waals surface area (Å²) >= 11 is 0. The molecule has 114 valence electrons. The van der Waals surface area contributed by atoms with Gasteiger partial charge in [0.15, 0.2) is 0 Å². The van der Waals surface area contributed by atoms with Crippen molar-refractivity contribution in [1.29, 1.82) is 0 Å². The molecule has 2 rings (SSSR count). The van der Waals surface area contributed by atoms with Gasteiger partial charge in [0.05, 0.1) is 18.4 Å². The zero-order chi connectivity index (χ0) is 14.7. The van der Waals surface area contributed by atoms with E-state index in [9.17, 15) is 9.59 Å². The average Bonchev–Trinajstić information content (AvgIpc) is 3.18. The summed E-state index contributed by atoms with van der Waals surface area (Å²) in [5, 5.41) is 11.8. The third kappa shape index (κ3) is 3.49. The highest BCUT2D eigenvalue weighted by atomic mass is 17.0. The molecule has 1 aliphatic heterocycles. The molecule has 0 radical (unpaired) electrons. The van der Waals surface area contributed by atoms with Gasteiger partial charge in [0, 0.05) is 11.5 Å². The number of ether oxygens (including phenoxy) is 1. The molecule has 9 nitrogen and oxygen atoms in total. The lowest BCUT2D eigenvalue weighted by Gasteiger charge is -2.26. The maximum Gasteiger partial charge on any atom is 0.311 e. The minimum absolute atomic E-state index is 0.219. The molecule has 1 unspecified atom stereocenters. The fraction of sp³-hybridized carbons (Fsp3) is 0.818. The van der Waals surface area contributed by atoms with Crippen molar-refractivity contribution in [2.75, 3.05) is 24.9 Å². The van der Waals surface area contributed by atoms with E-state index in [1.54, 1.807) is 18.9 Å². The number of carbonyl (C=O) groups is 2. The molecule has 1 aliphatic rings. The Bertz CT molecular complexity index is 460. The predicted octanol–water partition coefficient (Wildman–Crippen LogP) is -0.0995. The molecule has 1 aromatic rings. The van der Waals surface area contributed by atoms with Crippen LogP contribution in [-0.2, 0) is 14.3 Å². The number of hydrogen-bond donors (Lipinski definition) is 1. The molecule has 0 spiro atoms. The number of aromatic nitrogens is 2. The molecule has 0 aromatic carbocycles. The first-order chi connectivity index (χ1) is 9.49. The van der Waals surface area contributed by atoms with E-state index in [2.05, 4.69) is 0 Å². The summed E-state index contributed by atoms with van der Waals surface area (Å²) in [6.07, 6.45) is 1.43. The number of carboxylic acids is 1. The molecular weight excluding hydrogens is 270 g/mol. The van der Waals surface area contributed by atoms with Crippen molar-refractivity contribution in [2.45, 2.75) is 26.7 Å². The summed E-state index contributed by atoms with van der Waals surface area (Å²) in [5.41, 5.74) is 0. The second-order valence-corrected chi connectivity index (χ2v) is 5.03. The largest absolute Gasteiger partial charge is 0.481 e. The Morgan fingerprint density at radius 1 is 1.45 bits per heavy atom. The fourth-order valence-corrected chi connectivity index (χ4v) is 1.88. The molecule has 1 fully saturated rings. The van der Waals surface area contributed by atoms with Gasteiger partial charge in [-0.15, -0.1) is 0 Å². The van der Waals surface area contributed by atoms with Crippen molar-refractivity contribution >= 4 is 11.9 Å². The van der Waals surface area contributed by atoms with Gasteiger partial charge in [-0.05, 0) is 12.8 Å². The van der Waals surface area contributed by atoms with Crippen LogP contribution >= 0.6 is 0 Å². The molecule has 1 saturated heterocycles. The molecule has 0 aliphatic carbocycles. The van der Waals surface area contributed by atoms with Crippen molar-refractivity contribution in [3.8, 4) is 0 Å². The first kappa shape index (κ1) is 14.4. The molecule has 9 heteroatoms. The molecule has 1 atom stereocenters. The summed E-state index contributed by atoms with van der Waals surface area (Å²) < 4.78 is 9.84. The maximum atomic E-state index is 11.2. The molecule has 1 N–H and O–H groups in total. The van der Waals surface area contributed by atoms with E-state index >= 15 is 0 Å². The van der Waals surface area contributed by atoms with Crippen molar-refractivity contribution in [2.24, 2.45) is 11.8 Å². The van der Waals surface area contributed by atoms with Crippen molar-refractivity contribution in [3.05, 3.63) is 0 Å². The van der Waals surface area contributed by atoms with E-state index in [-0.39, 0.29) is 18.7 Å². The van der Waals surface area contributed by atoms with Crippen LogP contribution in [0, 0.1) is 11.8 Å². The topological polar surface area (TPSA) is 99.1 Å². The molecule has 0 amide bonds. The van der Waals surface area contributed by atoms with Crippen LogP contribution in [0.25, 0.3) is 0 Å². The Labute approximate surface area is 115 Å². The van der Waals surface area contributed by atoms with Crippen LogP contribution in [0.2, 0.25) is 0 Å². The minimum Gasteiger partial charge on any atom is -0.481 e. The van der Waals surface area contributed by atoms with Crippen LogP contribution in [0.1, 0.15) is 26.7 Å². The number of esters is 1. The monoisotopic (exact) mass is 289 g/mol. The first-order valence-corrected chi connectivity index (χ1v) is 6.54. The predicted molar refractivity (Wildman–Crippen MR) is 65.4 cm³/mol. The normalized spacial score (nSPS) is 19.4. The SMILES string of the molecule is CC(C)C(=O)OCOn1on1N1CCCC(C(=O)O)C1. The van der Waals surface area contributed by atoms with Crippen molar-refractivity contribution in [3.63, 3.8) is 0 Å². The van der Waals surface area contributed by atoms with Gasteiger partial charge in [0.2, 0.25) is 0 Å². The van der Waals surface area contributed by atoms with E-state index in [1.165, 1.54) is 4.96 Å². The van der Waals surface area contributed by atoms with Crippen LogP contribution in [0.5, 0.6) is 0 Å². The summed E-state index contributed by atoms with van der Waals surface area (Å²) in [7, 11) is 0. The number of piperidine rings is 1.